The summed E-state index contributed by atoms with van der Waals surface area (Å²) in [7, 11) is 1.33. The van der Waals surface area contributed by atoms with Gasteiger partial charge in [-0.2, -0.15) is 0 Å². The predicted molar refractivity (Wildman–Crippen MR) is 84.2 cm³/mol. The first kappa shape index (κ1) is 15.7. The van der Waals surface area contributed by atoms with Gasteiger partial charge < -0.3 is 4.74 Å². The highest BCUT2D eigenvalue weighted by atomic mass is 32.2. The van der Waals surface area contributed by atoms with E-state index in [1.807, 2.05) is 11.4 Å². The van der Waals surface area contributed by atoms with Crippen molar-refractivity contribution < 1.29 is 14.3 Å². The van der Waals surface area contributed by atoms with E-state index in [0.717, 1.165) is 5.00 Å². The standard InChI is InChI=1S/C11H12N4O3S3/c1-6(8(16)18-2)20-11-15-14-10(21-11)13-9(17)12-7-4-3-5-19-7/h3-6H,1-2H3,(H2,12,13,14,17)/t6-/m1/s1. The van der Waals surface area contributed by atoms with Crippen molar-refractivity contribution in [2.45, 2.75) is 16.5 Å². The van der Waals surface area contributed by atoms with Gasteiger partial charge >= 0.3 is 12.0 Å². The van der Waals surface area contributed by atoms with Crippen LogP contribution < -0.4 is 10.6 Å². The molecule has 2 aromatic rings. The summed E-state index contributed by atoms with van der Waals surface area (Å²) in [6, 6.07) is 3.25. The molecule has 2 heterocycles. The molecule has 0 saturated carbocycles. The quantitative estimate of drug-likeness (QED) is 0.492. The molecule has 0 aromatic carbocycles. The van der Waals surface area contributed by atoms with Crippen molar-refractivity contribution in [3.8, 4) is 0 Å². The molecular weight excluding hydrogens is 332 g/mol. The maximum absolute atomic E-state index is 11.7. The molecule has 0 aliphatic heterocycles. The normalized spacial score (nSPS) is 11.7. The smallest absolute Gasteiger partial charge is 0.326 e. The van der Waals surface area contributed by atoms with E-state index in [4.69, 9.17) is 0 Å². The minimum absolute atomic E-state index is 0.333. The van der Waals surface area contributed by atoms with E-state index in [-0.39, 0.29) is 17.3 Å². The number of urea groups is 1. The third-order valence-electron chi connectivity index (χ3n) is 2.20. The summed E-state index contributed by atoms with van der Waals surface area (Å²) in [6.45, 7) is 1.72. The maximum atomic E-state index is 11.7. The Kier molecular flexibility index (Phi) is 5.53. The number of thioether (sulfide) groups is 1. The van der Waals surface area contributed by atoms with Crippen LogP contribution in [0.4, 0.5) is 14.9 Å². The lowest BCUT2D eigenvalue weighted by Crippen LogP contribution is -2.18. The number of amides is 2. The first-order chi connectivity index (χ1) is 10.1. The molecule has 0 bridgehead atoms. The van der Waals surface area contributed by atoms with Crippen molar-refractivity contribution in [3.05, 3.63) is 17.5 Å². The maximum Gasteiger partial charge on any atom is 0.326 e. The van der Waals surface area contributed by atoms with E-state index in [1.165, 1.54) is 41.5 Å². The molecule has 0 aliphatic carbocycles. The first-order valence-electron chi connectivity index (χ1n) is 5.78. The minimum Gasteiger partial charge on any atom is -0.468 e. The van der Waals surface area contributed by atoms with Crippen LogP contribution in [0.2, 0.25) is 0 Å². The van der Waals surface area contributed by atoms with Crippen molar-refractivity contribution in [2.24, 2.45) is 0 Å². The number of hydrogen-bond donors (Lipinski definition) is 2. The Morgan fingerprint density at radius 2 is 2.19 bits per heavy atom. The summed E-state index contributed by atoms with van der Waals surface area (Å²) in [5.41, 5.74) is 0. The number of hydrogen-bond acceptors (Lipinski definition) is 8. The highest BCUT2D eigenvalue weighted by Gasteiger charge is 2.18. The molecule has 21 heavy (non-hydrogen) atoms. The molecule has 0 radical (unpaired) electrons. The van der Waals surface area contributed by atoms with Gasteiger partial charge in [0.15, 0.2) is 4.34 Å². The van der Waals surface area contributed by atoms with Crippen LogP contribution in [-0.2, 0) is 9.53 Å². The van der Waals surface area contributed by atoms with Crippen molar-refractivity contribution in [2.75, 3.05) is 17.7 Å². The Balaban J connectivity index is 1.88. The van der Waals surface area contributed by atoms with Gasteiger partial charge in [0.1, 0.15) is 5.25 Å². The lowest BCUT2D eigenvalue weighted by Gasteiger charge is -2.04. The molecule has 7 nitrogen and oxygen atoms in total. The number of anilines is 2. The molecule has 112 valence electrons. The Labute approximate surface area is 133 Å². The van der Waals surface area contributed by atoms with Gasteiger partial charge in [-0.15, -0.1) is 21.5 Å². The van der Waals surface area contributed by atoms with E-state index in [2.05, 4.69) is 25.6 Å². The van der Waals surface area contributed by atoms with E-state index < -0.39 is 0 Å². The molecule has 2 amide bonds. The van der Waals surface area contributed by atoms with Gasteiger partial charge in [0, 0.05) is 0 Å². The van der Waals surface area contributed by atoms with E-state index in [0.29, 0.717) is 9.47 Å². The number of aromatic nitrogens is 2. The topological polar surface area (TPSA) is 93.2 Å². The molecule has 0 aliphatic rings. The monoisotopic (exact) mass is 344 g/mol. The van der Waals surface area contributed by atoms with Crippen molar-refractivity contribution >= 4 is 56.6 Å². The van der Waals surface area contributed by atoms with Crippen molar-refractivity contribution in [1.29, 1.82) is 0 Å². The Hall–Kier alpha value is -1.65. The average Bonchev–Trinajstić information content (AvgIpc) is 3.10. The zero-order valence-electron chi connectivity index (χ0n) is 11.2. The summed E-state index contributed by atoms with van der Waals surface area (Å²) in [5.74, 6) is -0.333. The first-order valence-corrected chi connectivity index (χ1v) is 8.35. The molecular formula is C11H12N4O3S3. The number of thiophene rings is 1. The van der Waals surface area contributed by atoms with E-state index in [1.54, 1.807) is 13.0 Å². The fourth-order valence-electron chi connectivity index (χ4n) is 1.26. The Morgan fingerprint density at radius 1 is 1.38 bits per heavy atom. The number of methoxy groups -OCH3 is 1. The van der Waals surface area contributed by atoms with Crippen molar-refractivity contribution in [1.82, 2.24) is 10.2 Å². The predicted octanol–water partition coefficient (Wildman–Crippen LogP) is 2.90. The second kappa shape index (κ2) is 7.38. The van der Waals surface area contributed by atoms with Gasteiger partial charge in [0.2, 0.25) is 5.13 Å². The number of carbonyl (C=O) groups excluding carboxylic acids is 2. The number of ether oxygens (including phenoxy) is 1. The SMILES string of the molecule is COC(=O)[C@@H](C)Sc1nnc(NC(=O)Nc2cccs2)s1. The average molecular weight is 344 g/mol. The second-order valence-corrected chi connectivity index (χ2v) is 7.23. The summed E-state index contributed by atoms with van der Waals surface area (Å²) in [5, 5.41) is 15.6. The summed E-state index contributed by atoms with van der Waals surface area (Å²) >= 11 is 3.85. The van der Waals surface area contributed by atoms with Gasteiger partial charge in [0.05, 0.1) is 12.1 Å². The molecule has 0 fully saturated rings. The van der Waals surface area contributed by atoms with Crippen LogP contribution in [0.1, 0.15) is 6.92 Å². The van der Waals surface area contributed by atoms with Crippen LogP contribution in [-0.4, -0.2) is 34.6 Å². The number of nitrogens with zero attached hydrogens (tertiary/aromatic N) is 2. The molecule has 10 heteroatoms. The van der Waals surface area contributed by atoms with Crippen LogP contribution >= 0.6 is 34.4 Å². The number of nitrogens with one attached hydrogen (secondary N) is 2. The largest absolute Gasteiger partial charge is 0.468 e. The third kappa shape index (κ3) is 4.69. The second-order valence-electron chi connectivity index (χ2n) is 3.71. The summed E-state index contributed by atoms with van der Waals surface area (Å²) in [6.07, 6.45) is 0. The van der Waals surface area contributed by atoms with Gasteiger partial charge in [-0.1, -0.05) is 23.1 Å². The number of rotatable bonds is 5. The van der Waals surface area contributed by atoms with E-state index in [9.17, 15) is 9.59 Å². The fraction of sp³-hybridized carbons (Fsp3) is 0.273. The lowest BCUT2D eigenvalue weighted by atomic mass is 10.5. The highest BCUT2D eigenvalue weighted by molar-refractivity contribution is 8.02. The zero-order valence-corrected chi connectivity index (χ0v) is 13.6. The molecule has 1 atom stereocenters. The molecule has 0 unspecified atom stereocenters. The third-order valence-corrected chi connectivity index (χ3v) is 4.98. The molecule has 2 N–H and O–H groups in total. The summed E-state index contributed by atoms with van der Waals surface area (Å²) in [4.78, 5) is 23.0. The van der Waals surface area contributed by atoms with Gasteiger partial charge in [-0.3, -0.25) is 15.4 Å². The fourth-order valence-corrected chi connectivity index (χ4v) is 3.79. The molecule has 0 saturated heterocycles. The minimum atomic E-state index is -0.383. The molecule has 2 rings (SSSR count). The van der Waals surface area contributed by atoms with E-state index >= 15 is 0 Å². The van der Waals surface area contributed by atoms with Gasteiger partial charge in [0.25, 0.3) is 0 Å². The van der Waals surface area contributed by atoms with Crippen LogP contribution in [0, 0.1) is 0 Å². The lowest BCUT2D eigenvalue weighted by molar-refractivity contribution is -0.139. The van der Waals surface area contributed by atoms with Crippen LogP contribution in [0.3, 0.4) is 0 Å². The number of carbonyl (C=O) groups is 2. The molecule has 2 aromatic heterocycles. The van der Waals surface area contributed by atoms with Crippen LogP contribution in [0.5, 0.6) is 0 Å². The Morgan fingerprint density at radius 3 is 2.86 bits per heavy atom. The molecule has 0 spiro atoms. The Bertz CT molecular complexity index is 614. The summed E-state index contributed by atoms with van der Waals surface area (Å²) < 4.78 is 5.22. The van der Waals surface area contributed by atoms with Crippen LogP contribution in [0.15, 0.2) is 21.9 Å². The highest BCUT2D eigenvalue weighted by Crippen LogP contribution is 2.29. The van der Waals surface area contributed by atoms with Crippen LogP contribution in [0.25, 0.3) is 0 Å². The van der Waals surface area contributed by atoms with Crippen molar-refractivity contribution in [3.63, 3.8) is 0 Å². The van der Waals surface area contributed by atoms with Gasteiger partial charge in [-0.05, 0) is 24.4 Å². The zero-order chi connectivity index (χ0) is 15.2. The number of esters is 1. The van der Waals surface area contributed by atoms with Gasteiger partial charge in [-0.25, -0.2) is 4.79 Å².